The zero-order valence-corrected chi connectivity index (χ0v) is 14.4. The molecule has 1 rings (SSSR count). The molecule has 2 N–H and O–H groups in total. The number of benzene rings is 1. The maximum absolute atomic E-state index is 6.39. The van der Waals surface area contributed by atoms with Gasteiger partial charge < -0.3 is 10.5 Å². The molecule has 3 heteroatoms. The first-order valence-corrected chi connectivity index (χ1v) is 8.04. The molecule has 0 amide bonds. The molecule has 1 aromatic carbocycles. The number of aryl methyl sites for hydroxylation is 2. The molecule has 0 aliphatic rings. The third kappa shape index (κ3) is 6.16. The van der Waals surface area contributed by atoms with Crippen molar-refractivity contribution in [2.45, 2.75) is 52.6 Å². The lowest BCUT2D eigenvalue weighted by Gasteiger charge is -2.29. The molecule has 120 valence electrons. The minimum Gasteiger partial charge on any atom is -0.383 e. The largest absolute Gasteiger partial charge is 0.383 e. The molecule has 0 bridgehead atoms. The summed E-state index contributed by atoms with van der Waals surface area (Å²) in [5.41, 5.74) is 10.2. The zero-order chi connectivity index (χ0) is 15.8. The molecule has 0 spiro atoms. The Morgan fingerprint density at radius 3 is 2.29 bits per heavy atom. The van der Waals surface area contributed by atoms with Crippen LogP contribution >= 0.6 is 0 Å². The summed E-state index contributed by atoms with van der Waals surface area (Å²) in [6.45, 7) is 11.5. The smallest absolute Gasteiger partial charge is 0.0589 e. The Balaban J connectivity index is 2.61. The standard InChI is InChI=1S/C18H32N2O/c1-6-16(4)20(9-10-21-5)8-7-18(19)17-12-14(2)11-15(3)13-17/h11-13,16,18H,6-10,19H2,1-5H3. The van der Waals surface area contributed by atoms with E-state index < -0.39 is 0 Å². The zero-order valence-electron chi connectivity index (χ0n) is 14.4. The van der Waals surface area contributed by atoms with Gasteiger partial charge in [0, 0.05) is 32.3 Å². The molecule has 0 saturated heterocycles. The maximum atomic E-state index is 6.39. The molecular formula is C18H32N2O. The fourth-order valence-corrected chi connectivity index (χ4v) is 2.71. The van der Waals surface area contributed by atoms with Crippen LogP contribution in [-0.4, -0.2) is 37.7 Å². The highest BCUT2D eigenvalue weighted by atomic mass is 16.5. The van der Waals surface area contributed by atoms with E-state index in [0.717, 1.165) is 32.5 Å². The number of rotatable bonds is 9. The van der Waals surface area contributed by atoms with Crippen LogP contribution in [0.25, 0.3) is 0 Å². The van der Waals surface area contributed by atoms with Gasteiger partial charge in [-0.15, -0.1) is 0 Å². The second-order valence-electron chi connectivity index (χ2n) is 6.10. The first-order valence-electron chi connectivity index (χ1n) is 8.04. The maximum Gasteiger partial charge on any atom is 0.0589 e. The number of nitrogens with two attached hydrogens (primary N) is 1. The number of methoxy groups -OCH3 is 1. The SMILES string of the molecule is CCC(C)N(CCOC)CCC(N)c1cc(C)cc(C)c1. The van der Waals surface area contributed by atoms with Crippen LogP contribution in [-0.2, 0) is 4.74 Å². The first kappa shape index (κ1) is 18.1. The van der Waals surface area contributed by atoms with Gasteiger partial charge in [-0.2, -0.15) is 0 Å². The van der Waals surface area contributed by atoms with E-state index in [2.05, 4.69) is 50.8 Å². The fraction of sp³-hybridized carbons (Fsp3) is 0.667. The van der Waals surface area contributed by atoms with E-state index in [-0.39, 0.29) is 6.04 Å². The van der Waals surface area contributed by atoms with E-state index in [1.165, 1.54) is 16.7 Å². The minimum atomic E-state index is 0.109. The average Bonchev–Trinajstić information content (AvgIpc) is 2.45. The quantitative estimate of drug-likeness (QED) is 0.757. The second-order valence-corrected chi connectivity index (χ2v) is 6.10. The van der Waals surface area contributed by atoms with E-state index in [1.54, 1.807) is 7.11 Å². The Hall–Kier alpha value is -0.900. The molecular weight excluding hydrogens is 260 g/mol. The summed E-state index contributed by atoms with van der Waals surface area (Å²) in [7, 11) is 1.76. The molecule has 0 heterocycles. The van der Waals surface area contributed by atoms with Gasteiger partial charge in [-0.1, -0.05) is 36.2 Å². The lowest BCUT2D eigenvalue weighted by atomic mass is 9.99. The van der Waals surface area contributed by atoms with Crippen molar-refractivity contribution in [2.75, 3.05) is 26.8 Å². The van der Waals surface area contributed by atoms with Gasteiger partial charge in [0.2, 0.25) is 0 Å². The van der Waals surface area contributed by atoms with Crippen molar-refractivity contribution in [3.8, 4) is 0 Å². The lowest BCUT2D eigenvalue weighted by molar-refractivity contribution is 0.120. The van der Waals surface area contributed by atoms with Crippen LogP contribution in [0.5, 0.6) is 0 Å². The predicted octanol–water partition coefficient (Wildman–Crippen LogP) is 3.44. The van der Waals surface area contributed by atoms with Gasteiger partial charge in [-0.05, 0) is 39.2 Å². The van der Waals surface area contributed by atoms with Gasteiger partial charge in [-0.25, -0.2) is 0 Å². The van der Waals surface area contributed by atoms with E-state index >= 15 is 0 Å². The summed E-state index contributed by atoms with van der Waals surface area (Å²) in [4.78, 5) is 2.48. The van der Waals surface area contributed by atoms with E-state index in [1.807, 2.05) is 0 Å². The molecule has 0 radical (unpaired) electrons. The molecule has 2 unspecified atom stereocenters. The van der Waals surface area contributed by atoms with Gasteiger partial charge in [-0.3, -0.25) is 4.90 Å². The summed E-state index contributed by atoms with van der Waals surface area (Å²) >= 11 is 0. The van der Waals surface area contributed by atoms with Crippen LogP contribution in [0, 0.1) is 13.8 Å². The summed E-state index contributed by atoms with van der Waals surface area (Å²) in [5, 5.41) is 0. The second kappa shape index (κ2) is 9.19. The molecule has 0 aromatic heterocycles. The van der Waals surface area contributed by atoms with Crippen LogP contribution in [0.1, 0.15) is 49.4 Å². The molecule has 1 aromatic rings. The van der Waals surface area contributed by atoms with Crippen LogP contribution in [0.15, 0.2) is 18.2 Å². The third-order valence-electron chi connectivity index (χ3n) is 4.20. The van der Waals surface area contributed by atoms with Gasteiger partial charge in [0.1, 0.15) is 0 Å². The van der Waals surface area contributed by atoms with Gasteiger partial charge >= 0.3 is 0 Å². The normalized spacial score (nSPS) is 14.4. The van der Waals surface area contributed by atoms with E-state index in [0.29, 0.717) is 6.04 Å². The van der Waals surface area contributed by atoms with Crippen LogP contribution in [0.3, 0.4) is 0 Å². The number of ether oxygens (including phenoxy) is 1. The van der Waals surface area contributed by atoms with Crippen molar-refractivity contribution in [1.82, 2.24) is 4.90 Å². The Labute approximate surface area is 130 Å². The minimum absolute atomic E-state index is 0.109. The fourth-order valence-electron chi connectivity index (χ4n) is 2.71. The van der Waals surface area contributed by atoms with Crippen molar-refractivity contribution in [3.63, 3.8) is 0 Å². The number of hydrogen-bond acceptors (Lipinski definition) is 3. The average molecular weight is 292 g/mol. The Kier molecular flexibility index (Phi) is 7.94. The molecule has 3 nitrogen and oxygen atoms in total. The van der Waals surface area contributed by atoms with Crippen molar-refractivity contribution in [2.24, 2.45) is 5.73 Å². The molecule has 2 atom stereocenters. The topological polar surface area (TPSA) is 38.5 Å². The molecule has 21 heavy (non-hydrogen) atoms. The van der Waals surface area contributed by atoms with Crippen LogP contribution in [0.4, 0.5) is 0 Å². The predicted molar refractivity (Wildman–Crippen MR) is 90.7 cm³/mol. The highest BCUT2D eigenvalue weighted by Crippen LogP contribution is 2.19. The molecule has 0 saturated carbocycles. The van der Waals surface area contributed by atoms with Crippen molar-refractivity contribution in [3.05, 3.63) is 34.9 Å². The molecule has 0 fully saturated rings. The number of hydrogen-bond donors (Lipinski definition) is 1. The van der Waals surface area contributed by atoms with Crippen LogP contribution in [0.2, 0.25) is 0 Å². The summed E-state index contributed by atoms with van der Waals surface area (Å²) < 4.78 is 5.22. The summed E-state index contributed by atoms with van der Waals surface area (Å²) in [6.07, 6.45) is 2.14. The van der Waals surface area contributed by atoms with Crippen molar-refractivity contribution >= 4 is 0 Å². The molecule has 0 aliphatic carbocycles. The van der Waals surface area contributed by atoms with Crippen molar-refractivity contribution < 1.29 is 4.74 Å². The summed E-state index contributed by atoms with van der Waals surface area (Å²) in [5.74, 6) is 0. The Bertz CT molecular complexity index is 399. The third-order valence-corrected chi connectivity index (χ3v) is 4.20. The molecule has 0 aliphatic heterocycles. The Morgan fingerprint density at radius 1 is 1.14 bits per heavy atom. The monoisotopic (exact) mass is 292 g/mol. The first-order chi connectivity index (χ1) is 9.97. The van der Waals surface area contributed by atoms with Crippen LogP contribution < -0.4 is 5.73 Å². The lowest BCUT2D eigenvalue weighted by Crippen LogP contribution is -2.37. The van der Waals surface area contributed by atoms with Gasteiger partial charge in [0.25, 0.3) is 0 Å². The Morgan fingerprint density at radius 2 is 1.76 bits per heavy atom. The summed E-state index contributed by atoms with van der Waals surface area (Å²) in [6, 6.07) is 7.30. The highest BCUT2D eigenvalue weighted by Gasteiger charge is 2.14. The van der Waals surface area contributed by atoms with E-state index in [4.69, 9.17) is 10.5 Å². The highest BCUT2D eigenvalue weighted by molar-refractivity contribution is 5.30. The van der Waals surface area contributed by atoms with Gasteiger partial charge in [0.15, 0.2) is 0 Å². The van der Waals surface area contributed by atoms with E-state index in [9.17, 15) is 0 Å². The number of nitrogens with zero attached hydrogens (tertiary/aromatic N) is 1. The van der Waals surface area contributed by atoms with Crippen molar-refractivity contribution in [1.29, 1.82) is 0 Å². The van der Waals surface area contributed by atoms with Gasteiger partial charge in [0.05, 0.1) is 6.61 Å².